The molecule has 110 valence electrons. The number of nitrogens with zero attached hydrogens (tertiary/aromatic N) is 2. The average Bonchev–Trinajstić information content (AvgIpc) is 2.50. The van der Waals surface area contributed by atoms with Gasteiger partial charge in [-0.1, -0.05) is 25.1 Å². The third-order valence-electron chi connectivity index (χ3n) is 3.37. The minimum atomic E-state index is -0.355. The summed E-state index contributed by atoms with van der Waals surface area (Å²) in [5, 5.41) is 11.0. The van der Waals surface area contributed by atoms with Gasteiger partial charge in [-0.3, -0.25) is 10.1 Å². The predicted octanol–water partition coefficient (Wildman–Crippen LogP) is 5.08. The van der Waals surface area contributed by atoms with Crippen LogP contribution < -0.4 is 4.90 Å². The summed E-state index contributed by atoms with van der Waals surface area (Å²) in [4.78, 5) is 12.8. The Kier molecular flexibility index (Phi) is 4.96. The molecule has 0 aliphatic rings. The molecule has 0 N–H and O–H groups in total. The van der Waals surface area contributed by atoms with Crippen LogP contribution >= 0.6 is 15.9 Å². The number of anilines is 2. The Morgan fingerprint density at radius 2 is 1.86 bits per heavy atom. The second-order valence-corrected chi connectivity index (χ2v) is 5.48. The van der Waals surface area contributed by atoms with E-state index in [0.717, 1.165) is 34.4 Å². The zero-order chi connectivity index (χ0) is 15.4. The van der Waals surface area contributed by atoms with Gasteiger partial charge in [0.2, 0.25) is 0 Å². The smallest absolute Gasteiger partial charge is 0.270 e. The molecule has 0 atom stereocenters. The molecule has 0 amide bonds. The van der Waals surface area contributed by atoms with Crippen LogP contribution in [0.5, 0.6) is 0 Å². The summed E-state index contributed by atoms with van der Waals surface area (Å²) in [6.45, 7) is 4.86. The van der Waals surface area contributed by atoms with Crippen LogP contribution in [-0.4, -0.2) is 11.5 Å². The second kappa shape index (κ2) is 6.72. The maximum Gasteiger partial charge on any atom is 0.270 e. The van der Waals surface area contributed by atoms with Crippen LogP contribution in [0.2, 0.25) is 0 Å². The van der Waals surface area contributed by atoms with E-state index >= 15 is 0 Å². The van der Waals surface area contributed by atoms with Gasteiger partial charge in [-0.05, 0) is 47.0 Å². The van der Waals surface area contributed by atoms with Gasteiger partial charge in [0, 0.05) is 28.8 Å². The Morgan fingerprint density at radius 3 is 2.38 bits per heavy atom. The Morgan fingerprint density at radius 1 is 1.19 bits per heavy atom. The van der Waals surface area contributed by atoms with Gasteiger partial charge in [0.05, 0.1) is 10.6 Å². The summed E-state index contributed by atoms with van der Waals surface area (Å²) in [6, 6.07) is 13.3. The summed E-state index contributed by atoms with van der Waals surface area (Å²) >= 11 is 3.50. The quantitative estimate of drug-likeness (QED) is 0.559. The van der Waals surface area contributed by atoms with Crippen molar-refractivity contribution in [2.75, 3.05) is 11.4 Å². The fourth-order valence-corrected chi connectivity index (χ4v) is 3.10. The summed E-state index contributed by atoms with van der Waals surface area (Å²) in [7, 11) is 0. The molecule has 0 radical (unpaired) electrons. The van der Waals surface area contributed by atoms with E-state index in [-0.39, 0.29) is 10.6 Å². The number of hydrogen-bond acceptors (Lipinski definition) is 3. The van der Waals surface area contributed by atoms with Crippen LogP contribution in [0.4, 0.5) is 17.1 Å². The lowest BCUT2D eigenvalue weighted by Gasteiger charge is -2.27. The molecule has 0 bridgehead atoms. The number of aryl methyl sites for hydroxylation is 1. The topological polar surface area (TPSA) is 46.4 Å². The minimum Gasteiger partial charge on any atom is -0.341 e. The number of nitro benzene ring substituents is 1. The number of benzene rings is 2. The van der Waals surface area contributed by atoms with Crippen LogP contribution in [0, 0.1) is 10.1 Å². The molecule has 0 heterocycles. The number of nitro groups is 1. The number of hydrogen-bond donors (Lipinski definition) is 0. The van der Waals surface area contributed by atoms with E-state index in [2.05, 4.69) is 27.8 Å². The van der Waals surface area contributed by atoms with Crippen LogP contribution in [0.1, 0.15) is 19.4 Å². The number of halogens is 1. The van der Waals surface area contributed by atoms with E-state index in [0.29, 0.717) is 0 Å². The van der Waals surface area contributed by atoms with Crippen molar-refractivity contribution in [3.63, 3.8) is 0 Å². The Balaban J connectivity index is 2.58. The van der Waals surface area contributed by atoms with Crippen molar-refractivity contribution in [1.82, 2.24) is 0 Å². The lowest BCUT2D eigenvalue weighted by atomic mass is 10.1. The molecule has 0 saturated heterocycles. The van der Waals surface area contributed by atoms with Crippen molar-refractivity contribution in [1.29, 1.82) is 0 Å². The van der Waals surface area contributed by atoms with E-state index in [9.17, 15) is 10.1 Å². The van der Waals surface area contributed by atoms with Crippen LogP contribution in [-0.2, 0) is 6.42 Å². The van der Waals surface area contributed by atoms with Gasteiger partial charge in [-0.2, -0.15) is 0 Å². The molecule has 0 unspecified atom stereocenters. The van der Waals surface area contributed by atoms with Crippen molar-refractivity contribution in [3.05, 3.63) is 62.6 Å². The highest BCUT2D eigenvalue weighted by Gasteiger charge is 2.19. The second-order valence-electron chi connectivity index (χ2n) is 4.63. The van der Waals surface area contributed by atoms with Crippen LogP contribution in [0.15, 0.2) is 46.9 Å². The minimum absolute atomic E-state index is 0.117. The summed E-state index contributed by atoms with van der Waals surface area (Å²) in [6.07, 6.45) is 0.735. The van der Waals surface area contributed by atoms with Crippen LogP contribution in [0.25, 0.3) is 0 Å². The lowest BCUT2D eigenvalue weighted by molar-refractivity contribution is -0.385. The fourth-order valence-electron chi connectivity index (χ4n) is 2.40. The molecule has 2 aromatic rings. The Labute approximate surface area is 132 Å². The van der Waals surface area contributed by atoms with E-state index in [1.807, 2.05) is 37.3 Å². The van der Waals surface area contributed by atoms with Gasteiger partial charge in [-0.25, -0.2) is 0 Å². The molecule has 21 heavy (non-hydrogen) atoms. The van der Waals surface area contributed by atoms with Gasteiger partial charge in [0.15, 0.2) is 0 Å². The maximum atomic E-state index is 11.0. The number of para-hydroxylation sites is 1. The monoisotopic (exact) mass is 348 g/mol. The molecule has 0 fully saturated rings. The normalized spacial score (nSPS) is 10.4. The van der Waals surface area contributed by atoms with Gasteiger partial charge in [-0.15, -0.1) is 0 Å². The van der Waals surface area contributed by atoms with Gasteiger partial charge < -0.3 is 4.90 Å². The standard InChI is InChI=1S/C16H17BrN2O2/c1-3-12-10-14(19(20)21)11-15(17)16(12)18(4-2)13-8-6-5-7-9-13/h5-11H,3-4H2,1-2H3. The van der Waals surface area contributed by atoms with E-state index < -0.39 is 0 Å². The Bertz CT molecular complexity index is 644. The molecular formula is C16H17BrN2O2. The maximum absolute atomic E-state index is 11.0. The zero-order valence-corrected chi connectivity index (χ0v) is 13.6. The lowest BCUT2D eigenvalue weighted by Crippen LogP contribution is -2.18. The van der Waals surface area contributed by atoms with Crippen molar-refractivity contribution in [2.24, 2.45) is 0 Å². The molecule has 0 aliphatic heterocycles. The zero-order valence-electron chi connectivity index (χ0n) is 12.0. The van der Waals surface area contributed by atoms with Gasteiger partial charge in [0.25, 0.3) is 5.69 Å². The van der Waals surface area contributed by atoms with Crippen molar-refractivity contribution in [2.45, 2.75) is 20.3 Å². The predicted molar refractivity (Wildman–Crippen MR) is 89.3 cm³/mol. The van der Waals surface area contributed by atoms with Gasteiger partial charge in [0.1, 0.15) is 0 Å². The highest BCUT2D eigenvalue weighted by Crippen LogP contribution is 2.38. The van der Waals surface area contributed by atoms with Crippen molar-refractivity contribution >= 4 is 33.0 Å². The largest absolute Gasteiger partial charge is 0.341 e. The molecule has 0 aromatic heterocycles. The van der Waals surface area contributed by atoms with E-state index in [1.165, 1.54) is 0 Å². The molecule has 2 rings (SSSR count). The SMILES string of the molecule is CCc1cc([N+](=O)[O-])cc(Br)c1N(CC)c1ccccc1. The van der Waals surface area contributed by atoms with E-state index in [1.54, 1.807) is 12.1 Å². The molecular weight excluding hydrogens is 332 g/mol. The fraction of sp³-hybridized carbons (Fsp3) is 0.250. The highest BCUT2D eigenvalue weighted by molar-refractivity contribution is 9.10. The summed E-state index contributed by atoms with van der Waals surface area (Å²) in [5.41, 5.74) is 3.15. The molecule has 0 saturated carbocycles. The molecule has 0 aliphatic carbocycles. The summed E-state index contributed by atoms with van der Waals surface area (Å²) in [5.74, 6) is 0. The first-order valence-corrected chi connectivity index (χ1v) is 7.67. The third kappa shape index (κ3) is 3.24. The number of rotatable bonds is 5. The molecule has 0 spiro atoms. The first-order valence-electron chi connectivity index (χ1n) is 6.87. The van der Waals surface area contributed by atoms with E-state index in [4.69, 9.17) is 0 Å². The van der Waals surface area contributed by atoms with Crippen molar-refractivity contribution in [3.8, 4) is 0 Å². The molecule has 5 heteroatoms. The molecule has 4 nitrogen and oxygen atoms in total. The Hall–Kier alpha value is -1.88. The average molecular weight is 349 g/mol. The third-order valence-corrected chi connectivity index (χ3v) is 3.98. The first-order chi connectivity index (χ1) is 10.1. The summed E-state index contributed by atoms with van der Waals surface area (Å²) < 4.78 is 0.749. The number of non-ortho nitro benzene ring substituents is 1. The van der Waals surface area contributed by atoms with Crippen molar-refractivity contribution < 1.29 is 4.92 Å². The molecule has 2 aromatic carbocycles. The highest BCUT2D eigenvalue weighted by atomic mass is 79.9. The first kappa shape index (κ1) is 15.5. The van der Waals surface area contributed by atoms with Gasteiger partial charge >= 0.3 is 0 Å². The van der Waals surface area contributed by atoms with Crippen LogP contribution in [0.3, 0.4) is 0 Å².